The van der Waals surface area contributed by atoms with Crippen LogP contribution in [0.4, 0.5) is 11.4 Å². The van der Waals surface area contributed by atoms with Gasteiger partial charge in [0.2, 0.25) is 5.91 Å². The molecule has 2 aromatic carbocycles. The van der Waals surface area contributed by atoms with E-state index in [9.17, 15) is 9.59 Å². The minimum Gasteiger partial charge on any atom is -0.326 e. The highest BCUT2D eigenvalue weighted by Crippen LogP contribution is 2.21. The van der Waals surface area contributed by atoms with Crippen LogP contribution in [0.5, 0.6) is 0 Å². The van der Waals surface area contributed by atoms with E-state index in [0.29, 0.717) is 16.9 Å². The first-order chi connectivity index (χ1) is 12.4. The molecule has 0 unspecified atom stereocenters. The third-order valence-electron chi connectivity index (χ3n) is 3.96. The number of benzene rings is 2. The third kappa shape index (κ3) is 3.85. The molecule has 3 aromatic rings. The van der Waals surface area contributed by atoms with E-state index in [0.717, 1.165) is 11.1 Å². The molecule has 26 heavy (non-hydrogen) atoms. The van der Waals surface area contributed by atoms with Crippen LogP contribution >= 0.6 is 0 Å². The quantitative estimate of drug-likeness (QED) is 0.751. The topological polar surface area (TPSA) is 84.0 Å². The number of carbonyl (C=O) groups excluding carboxylic acids is 2. The van der Waals surface area contributed by atoms with Crippen molar-refractivity contribution in [3.05, 3.63) is 59.9 Å². The van der Waals surface area contributed by atoms with Gasteiger partial charge >= 0.3 is 0 Å². The Hall–Kier alpha value is -3.28. The predicted molar refractivity (Wildman–Crippen MR) is 102 cm³/mol. The minimum absolute atomic E-state index is 0.0773. The van der Waals surface area contributed by atoms with Crippen LogP contribution in [0.15, 0.2) is 48.7 Å². The zero-order valence-electron chi connectivity index (χ0n) is 14.9. The molecular weight excluding hydrogens is 328 g/mol. The van der Waals surface area contributed by atoms with Crippen molar-refractivity contribution < 1.29 is 9.59 Å². The van der Waals surface area contributed by atoms with Crippen LogP contribution in [0.3, 0.4) is 0 Å². The second-order valence-electron chi connectivity index (χ2n) is 6.37. The summed E-state index contributed by atoms with van der Waals surface area (Å²) in [5, 5.41) is 5.67. The van der Waals surface area contributed by atoms with E-state index in [1.54, 1.807) is 12.1 Å². The second kappa shape index (κ2) is 7.31. The van der Waals surface area contributed by atoms with Gasteiger partial charge in [0.05, 0.1) is 17.2 Å². The number of hydrogen-bond donors (Lipinski definition) is 2. The van der Waals surface area contributed by atoms with Gasteiger partial charge in [-0.05, 0) is 36.8 Å². The summed E-state index contributed by atoms with van der Waals surface area (Å²) in [5.41, 5.74) is 3.77. The number of amides is 2. The van der Waals surface area contributed by atoms with Gasteiger partial charge in [-0.25, -0.2) is 4.98 Å². The van der Waals surface area contributed by atoms with Crippen LogP contribution in [0, 0.1) is 12.8 Å². The van der Waals surface area contributed by atoms with E-state index in [1.807, 2.05) is 51.1 Å². The minimum atomic E-state index is -0.348. The molecule has 0 aliphatic heterocycles. The van der Waals surface area contributed by atoms with Gasteiger partial charge in [-0.1, -0.05) is 32.0 Å². The summed E-state index contributed by atoms with van der Waals surface area (Å²) < 4.78 is 0. The Morgan fingerprint density at radius 1 is 1.00 bits per heavy atom. The smallest absolute Gasteiger partial charge is 0.275 e. The number of fused-ring (bicyclic) bond motifs is 1. The molecule has 1 aromatic heterocycles. The standard InChI is InChI=1S/C20H20N4O2/c1-12(2)19(25)22-14-9-8-13(3)17(10-14)24-20(26)18-11-21-15-6-4-5-7-16(15)23-18/h4-12H,1-3H3,(H,22,25)(H,24,26). The van der Waals surface area contributed by atoms with Crippen LogP contribution in [-0.2, 0) is 4.79 Å². The molecule has 6 heteroatoms. The van der Waals surface area contributed by atoms with Gasteiger partial charge in [0.25, 0.3) is 5.91 Å². The normalized spacial score (nSPS) is 10.8. The first kappa shape index (κ1) is 17.5. The molecule has 0 bridgehead atoms. The molecule has 1 heterocycles. The van der Waals surface area contributed by atoms with Crippen molar-refractivity contribution >= 4 is 34.2 Å². The van der Waals surface area contributed by atoms with E-state index in [1.165, 1.54) is 6.20 Å². The van der Waals surface area contributed by atoms with Gasteiger partial charge in [0.1, 0.15) is 5.69 Å². The van der Waals surface area contributed by atoms with Crippen molar-refractivity contribution in [1.29, 1.82) is 0 Å². The van der Waals surface area contributed by atoms with Crippen LogP contribution in [0.1, 0.15) is 29.9 Å². The van der Waals surface area contributed by atoms with E-state index in [-0.39, 0.29) is 23.4 Å². The molecule has 0 aliphatic rings. The Labute approximate surface area is 151 Å². The predicted octanol–water partition coefficient (Wildman–Crippen LogP) is 3.79. The number of anilines is 2. The van der Waals surface area contributed by atoms with E-state index in [2.05, 4.69) is 20.6 Å². The van der Waals surface area contributed by atoms with Crippen LogP contribution in [0.2, 0.25) is 0 Å². The van der Waals surface area contributed by atoms with E-state index >= 15 is 0 Å². The summed E-state index contributed by atoms with van der Waals surface area (Å²) in [7, 11) is 0. The summed E-state index contributed by atoms with van der Waals surface area (Å²) >= 11 is 0. The fraction of sp³-hybridized carbons (Fsp3) is 0.200. The largest absolute Gasteiger partial charge is 0.326 e. The third-order valence-corrected chi connectivity index (χ3v) is 3.96. The first-order valence-electron chi connectivity index (χ1n) is 8.38. The van der Waals surface area contributed by atoms with Crippen LogP contribution < -0.4 is 10.6 Å². The zero-order chi connectivity index (χ0) is 18.7. The van der Waals surface area contributed by atoms with Crippen molar-refractivity contribution in [2.24, 2.45) is 5.92 Å². The van der Waals surface area contributed by atoms with E-state index in [4.69, 9.17) is 0 Å². The average molecular weight is 348 g/mol. The molecular formula is C20H20N4O2. The monoisotopic (exact) mass is 348 g/mol. The Kier molecular flexibility index (Phi) is 4.93. The van der Waals surface area contributed by atoms with Crippen molar-refractivity contribution in [3.8, 4) is 0 Å². The summed E-state index contributed by atoms with van der Waals surface area (Å²) in [4.78, 5) is 33.0. The first-order valence-corrected chi connectivity index (χ1v) is 8.38. The molecule has 2 amide bonds. The molecule has 0 fully saturated rings. The summed E-state index contributed by atoms with van der Waals surface area (Å²) in [6, 6.07) is 12.8. The maximum Gasteiger partial charge on any atom is 0.275 e. The number of nitrogens with one attached hydrogen (secondary N) is 2. The van der Waals surface area contributed by atoms with Gasteiger partial charge in [-0.3, -0.25) is 14.6 Å². The van der Waals surface area contributed by atoms with Gasteiger partial charge in [-0.2, -0.15) is 0 Å². The van der Waals surface area contributed by atoms with Crippen molar-refractivity contribution in [2.45, 2.75) is 20.8 Å². The lowest BCUT2D eigenvalue weighted by Crippen LogP contribution is -2.18. The lowest BCUT2D eigenvalue weighted by Gasteiger charge is -2.12. The molecule has 0 aliphatic carbocycles. The summed E-state index contributed by atoms with van der Waals surface area (Å²) in [6.07, 6.45) is 1.46. The van der Waals surface area contributed by atoms with Crippen molar-refractivity contribution in [2.75, 3.05) is 10.6 Å². The summed E-state index contributed by atoms with van der Waals surface area (Å²) in [6.45, 7) is 5.53. The molecule has 3 rings (SSSR count). The van der Waals surface area contributed by atoms with Crippen molar-refractivity contribution in [1.82, 2.24) is 9.97 Å². The Balaban J connectivity index is 1.82. The number of carbonyl (C=O) groups is 2. The zero-order valence-corrected chi connectivity index (χ0v) is 14.9. The summed E-state index contributed by atoms with van der Waals surface area (Å²) in [5.74, 6) is -0.549. The number of para-hydroxylation sites is 2. The lowest BCUT2D eigenvalue weighted by molar-refractivity contribution is -0.118. The van der Waals surface area contributed by atoms with Gasteiger partial charge in [0, 0.05) is 17.3 Å². The van der Waals surface area contributed by atoms with Crippen molar-refractivity contribution in [3.63, 3.8) is 0 Å². The van der Waals surface area contributed by atoms with Gasteiger partial charge in [-0.15, -0.1) is 0 Å². The molecule has 0 atom stereocenters. The number of nitrogens with zero attached hydrogens (tertiary/aromatic N) is 2. The molecule has 0 saturated carbocycles. The number of aryl methyl sites for hydroxylation is 1. The molecule has 0 spiro atoms. The fourth-order valence-electron chi connectivity index (χ4n) is 2.37. The second-order valence-corrected chi connectivity index (χ2v) is 6.37. The highest BCUT2D eigenvalue weighted by molar-refractivity contribution is 6.04. The van der Waals surface area contributed by atoms with E-state index < -0.39 is 0 Å². The molecule has 2 N–H and O–H groups in total. The average Bonchev–Trinajstić information content (AvgIpc) is 2.63. The Bertz CT molecular complexity index is 982. The number of aromatic nitrogens is 2. The molecule has 0 radical (unpaired) electrons. The maximum atomic E-state index is 12.6. The molecule has 132 valence electrons. The molecule has 0 saturated heterocycles. The Morgan fingerprint density at radius 2 is 1.73 bits per heavy atom. The Morgan fingerprint density at radius 3 is 2.46 bits per heavy atom. The number of hydrogen-bond acceptors (Lipinski definition) is 4. The molecule has 6 nitrogen and oxygen atoms in total. The number of rotatable bonds is 4. The van der Waals surface area contributed by atoms with Crippen LogP contribution in [-0.4, -0.2) is 21.8 Å². The maximum absolute atomic E-state index is 12.6. The van der Waals surface area contributed by atoms with Crippen LogP contribution in [0.25, 0.3) is 11.0 Å². The highest BCUT2D eigenvalue weighted by Gasteiger charge is 2.13. The van der Waals surface area contributed by atoms with Gasteiger partial charge < -0.3 is 10.6 Å². The van der Waals surface area contributed by atoms with Gasteiger partial charge in [0.15, 0.2) is 0 Å². The lowest BCUT2D eigenvalue weighted by atomic mass is 10.1. The SMILES string of the molecule is Cc1ccc(NC(=O)C(C)C)cc1NC(=O)c1cnc2ccccc2n1. The fourth-order valence-corrected chi connectivity index (χ4v) is 2.37. The highest BCUT2D eigenvalue weighted by atomic mass is 16.2.